The van der Waals surface area contributed by atoms with E-state index in [1.165, 1.54) is 18.2 Å². The molecule has 0 atom stereocenters. The van der Waals surface area contributed by atoms with E-state index in [2.05, 4.69) is 10.0 Å². The first-order valence-electron chi connectivity index (χ1n) is 7.12. The normalized spacial score (nSPS) is 15.3. The summed E-state index contributed by atoms with van der Waals surface area (Å²) >= 11 is 0. The molecule has 1 aromatic carbocycles. The summed E-state index contributed by atoms with van der Waals surface area (Å²) in [6.45, 7) is 3.23. The number of rotatable bonds is 9. The molecule has 1 aliphatic carbocycles. The Bertz CT molecular complexity index is 574. The van der Waals surface area contributed by atoms with Gasteiger partial charge >= 0.3 is 0 Å². The Hall–Kier alpha value is -1.02. The summed E-state index contributed by atoms with van der Waals surface area (Å²) in [6.07, 6.45) is 2.19. The van der Waals surface area contributed by atoms with E-state index in [1.54, 1.807) is 0 Å². The average molecular weight is 316 g/mol. The van der Waals surface area contributed by atoms with Crippen molar-refractivity contribution >= 4 is 10.0 Å². The van der Waals surface area contributed by atoms with Crippen LogP contribution < -0.4 is 10.0 Å². The van der Waals surface area contributed by atoms with Gasteiger partial charge in [0.2, 0.25) is 10.0 Å². The van der Waals surface area contributed by atoms with Crippen LogP contribution in [-0.2, 0) is 21.3 Å². The van der Waals surface area contributed by atoms with Crippen molar-refractivity contribution in [3.63, 3.8) is 0 Å². The highest BCUT2D eigenvalue weighted by atomic mass is 32.2. The van der Waals surface area contributed by atoms with Gasteiger partial charge in [0, 0.05) is 31.3 Å². The van der Waals surface area contributed by atoms with Crippen molar-refractivity contribution in [1.82, 2.24) is 10.0 Å². The van der Waals surface area contributed by atoms with Crippen molar-refractivity contribution in [2.75, 3.05) is 19.8 Å². The van der Waals surface area contributed by atoms with Crippen molar-refractivity contribution in [2.24, 2.45) is 0 Å². The molecule has 7 heteroatoms. The largest absolute Gasteiger partial charge is 0.380 e. The van der Waals surface area contributed by atoms with Gasteiger partial charge < -0.3 is 10.1 Å². The average Bonchev–Trinajstić information content (AvgIpc) is 3.27. The molecule has 21 heavy (non-hydrogen) atoms. The third-order valence-corrected chi connectivity index (χ3v) is 4.69. The summed E-state index contributed by atoms with van der Waals surface area (Å²) in [5.41, 5.74) is 0.370. The summed E-state index contributed by atoms with van der Waals surface area (Å²) in [6, 6.07) is 4.29. The molecule has 2 N–H and O–H groups in total. The summed E-state index contributed by atoms with van der Waals surface area (Å²) in [5, 5.41) is 3.18. The molecule has 0 aliphatic heterocycles. The lowest BCUT2D eigenvalue weighted by atomic mass is 10.2. The molecule has 0 spiro atoms. The van der Waals surface area contributed by atoms with Crippen molar-refractivity contribution < 1.29 is 17.5 Å². The summed E-state index contributed by atoms with van der Waals surface area (Å²) < 4.78 is 45.4. The second-order valence-corrected chi connectivity index (χ2v) is 6.77. The lowest BCUT2D eigenvalue weighted by Gasteiger charge is -2.10. The minimum absolute atomic E-state index is 0.0768. The molecule has 0 aromatic heterocycles. The van der Waals surface area contributed by atoms with Gasteiger partial charge in [-0.2, -0.15) is 0 Å². The quantitative estimate of drug-likeness (QED) is 0.676. The van der Waals surface area contributed by atoms with E-state index in [-0.39, 0.29) is 11.4 Å². The highest BCUT2D eigenvalue weighted by Gasteiger charge is 2.21. The van der Waals surface area contributed by atoms with E-state index in [0.717, 1.165) is 12.8 Å². The van der Waals surface area contributed by atoms with E-state index in [0.29, 0.717) is 31.4 Å². The first-order valence-corrected chi connectivity index (χ1v) is 8.60. The van der Waals surface area contributed by atoms with Gasteiger partial charge in [-0.1, -0.05) is 0 Å². The fourth-order valence-corrected chi connectivity index (χ4v) is 2.93. The Morgan fingerprint density at radius 2 is 2.14 bits per heavy atom. The summed E-state index contributed by atoms with van der Waals surface area (Å²) in [5.74, 6) is -0.392. The summed E-state index contributed by atoms with van der Waals surface area (Å²) in [4.78, 5) is 0.0768. The molecule has 0 radical (unpaired) electrons. The number of ether oxygens (including phenoxy) is 1. The van der Waals surface area contributed by atoms with Crippen LogP contribution in [0, 0.1) is 5.82 Å². The molecule has 0 amide bonds. The van der Waals surface area contributed by atoms with Crippen LogP contribution in [0.1, 0.15) is 25.3 Å². The molecule has 1 fully saturated rings. The molecule has 0 saturated heterocycles. The zero-order chi connectivity index (χ0) is 15.3. The van der Waals surface area contributed by atoms with Crippen molar-refractivity contribution in [3.05, 3.63) is 29.6 Å². The van der Waals surface area contributed by atoms with Gasteiger partial charge in [-0.15, -0.1) is 0 Å². The maximum absolute atomic E-state index is 13.7. The van der Waals surface area contributed by atoms with Gasteiger partial charge in [-0.05, 0) is 38.0 Å². The van der Waals surface area contributed by atoms with Crippen LogP contribution in [0.25, 0.3) is 0 Å². The standard InChI is InChI=1S/C14H21FN2O3S/c1-2-20-8-7-17-21(18,19)13-5-6-14(15)11(9-13)10-16-12-3-4-12/h5-6,9,12,16-17H,2-4,7-8,10H2,1H3. The fraction of sp³-hybridized carbons (Fsp3) is 0.571. The van der Waals surface area contributed by atoms with Gasteiger partial charge in [0.1, 0.15) is 5.82 Å². The second-order valence-electron chi connectivity index (χ2n) is 5.00. The van der Waals surface area contributed by atoms with Crippen molar-refractivity contribution in [3.8, 4) is 0 Å². The van der Waals surface area contributed by atoms with Gasteiger partial charge in [-0.25, -0.2) is 17.5 Å². The highest BCUT2D eigenvalue weighted by molar-refractivity contribution is 7.89. The van der Waals surface area contributed by atoms with Crippen LogP contribution in [0.2, 0.25) is 0 Å². The van der Waals surface area contributed by atoms with Gasteiger partial charge in [0.15, 0.2) is 0 Å². The zero-order valence-corrected chi connectivity index (χ0v) is 12.9. The Morgan fingerprint density at radius 1 is 1.38 bits per heavy atom. The van der Waals surface area contributed by atoms with Crippen LogP contribution in [-0.4, -0.2) is 34.2 Å². The van der Waals surface area contributed by atoms with Crippen molar-refractivity contribution in [2.45, 2.75) is 37.2 Å². The third kappa shape index (κ3) is 5.03. The monoisotopic (exact) mass is 316 g/mol. The van der Waals surface area contributed by atoms with Gasteiger partial charge in [0.25, 0.3) is 0 Å². The molecule has 1 saturated carbocycles. The summed E-state index contributed by atoms with van der Waals surface area (Å²) in [7, 11) is -3.63. The maximum atomic E-state index is 13.7. The number of hydrogen-bond acceptors (Lipinski definition) is 4. The van der Waals surface area contributed by atoms with E-state index in [9.17, 15) is 12.8 Å². The lowest BCUT2D eigenvalue weighted by Crippen LogP contribution is -2.27. The maximum Gasteiger partial charge on any atom is 0.240 e. The number of halogens is 1. The molecular weight excluding hydrogens is 295 g/mol. The van der Waals surface area contributed by atoms with E-state index in [4.69, 9.17) is 4.74 Å². The third-order valence-electron chi connectivity index (χ3n) is 3.23. The van der Waals surface area contributed by atoms with Crippen LogP contribution in [0.15, 0.2) is 23.1 Å². The van der Waals surface area contributed by atoms with Crippen molar-refractivity contribution in [1.29, 1.82) is 0 Å². The second kappa shape index (κ2) is 7.31. The van der Waals surface area contributed by atoms with Crippen LogP contribution in [0.4, 0.5) is 4.39 Å². The zero-order valence-electron chi connectivity index (χ0n) is 12.1. The molecule has 0 unspecified atom stereocenters. The van der Waals surface area contributed by atoms with E-state index < -0.39 is 15.8 Å². The van der Waals surface area contributed by atoms with E-state index >= 15 is 0 Å². The fourth-order valence-electron chi connectivity index (χ4n) is 1.87. The Morgan fingerprint density at radius 3 is 2.81 bits per heavy atom. The van der Waals surface area contributed by atoms with Gasteiger partial charge in [0.05, 0.1) is 11.5 Å². The first-order chi connectivity index (χ1) is 10.0. The van der Waals surface area contributed by atoms with Crippen LogP contribution >= 0.6 is 0 Å². The first kappa shape index (κ1) is 16.4. The molecule has 118 valence electrons. The van der Waals surface area contributed by atoms with Crippen LogP contribution in [0.5, 0.6) is 0 Å². The predicted octanol–water partition coefficient (Wildman–Crippen LogP) is 1.39. The predicted molar refractivity (Wildman–Crippen MR) is 77.9 cm³/mol. The van der Waals surface area contributed by atoms with E-state index in [1.807, 2.05) is 6.92 Å². The molecular formula is C14H21FN2O3S. The Labute approximate surface area is 124 Å². The molecule has 1 aromatic rings. The number of hydrogen-bond donors (Lipinski definition) is 2. The number of benzene rings is 1. The van der Waals surface area contributed by atoms with Crippen LogP contribution in [0.3, 0.4) is 0 Å². The molecule has 1 aliphatic rings. The Kier molecular flexibility index (Phi) is 5.69. The molecule has 2 rings (SSSR count). The smallest absolute Gasteiger partial charge is 0.240 e. The Balaban J connectivity index is 2.01. The molecule has 0 heterocycles. The molecule has 0 bridgehead atoms. The minimum Gasteiger partial charge on any atom is -0.380 e. The lowest BCUT2D eigenvalue weighted by molar-refractivity contribution is 0.153. The molecule has 5 nitrogen and oxygen atoms in total. The van der Waals surface area contributed by atoms with Gasteiger partial charge in [-0.3, -0.25) is 0 Å². The number of sulfonamides is 1. The SMILES string of the molecule is CCOCCNS(=O)(=O)c1ccc(F)c(CNC2CC2)c1. The minimum atomic E-state index is -3.63. The number of nitrogens with one attached hydrogen (secondary N) is 2. The highest BCUT2D eigenvalue weighted by Crippen LogP contribution is 2.21. The topological polar surface area (TPSA) is 67.4 Å².